The van der Waals surface area contributed by atoms with Crippen molar-refractivity contribution in [2.75, 3.05) is 0 Å². The quantitative estimate of drug-likeness (QED) is 0.840. The van der Waals surface area contributed by atoms with Gasteiger partial charge in [-0.3, -0.25) is 0 Å². The molecule has 1 aromatic carbocycles. The van der Waals surface area contributed by atoms with E-state index in [1.54, 1.807) is 12.1 Å². The van der Waals surface area contributed by atoms with Crippen LogP contribution in [0, 0.1) is 0 Å². The molecule has 0 spiro atoms. The zero-order chi connectivity index (χ0) is 13.5. The summed E-state index contributed by atoms with van der Waals surface area (Å²) >= 11 is 5.69. The maximum Gasteiger partial charge on any atom is 0.239 e. The minimum Gasteiger partial charge on any atom is -0.483 e. The molecule has 1 aliphatic rings. The van der Waals surface area contributed by atoms with Gasteiger partial charge in [0.15, 0.2) is 16.7 Å². The summed E-state index contributed by atoms with van der Waals surface area (Å²) in [6.45, 7) is 4.11. The van der Waals surface area contributed by atoms with Crippen LogP contribution in [0.25, 0.3) is 0 Å². The normalized spacial score (nSPS) is 15.7. The van der Waals surface area contributed by atoms with Crippen LogP contribution in [0.15, 0.2) is 30.3 Å². The number of hydrogen-bond donors (Lipinski definition) is 0. The number of aromatic nitrogens is 2. The lowest BCUT2D eigenvalue weighted by Crippen LogP contribution is -2.24. The van der Waals surface area contributed by atoms with Crippen molar-refractivity contribution < 1.29 is 9.47 Å². The van der Waals surface area contributed by atoms with Crippen molar-refractivity contribution >= 4 is 11.6 Å². The van der Waals surface area contributed by atoms with E-state index in [4.69, 9.17) is 21.1 Å². The van der Waals surface area contributed by atoms with Gasteiger partial charge >= 0.3 is 0 Å². The summed E-state index contributed by atoms with van der Waals surface area (Å²) < 4.78 is 11.6. The first-order valence-electron chi connectivity index (χ1n) is 6.01. The van der Waals surface area contributed by atoms with Gasteiger partial charge in [0.05, 0.1) is 0 Å². The van der Waals surface area contributed by atoms with Crippen molar-refractivity contribution in [3.8, 4) is 17.4 Å². The van der Waals surface area contributed by atoms with E-state index < -0.39 is 0 Å². The molecule has 19 heavy (non-hydrogen) atoms. The van der Waals surface area contributed by atoms with Crippen molar-refractivity contribution in [3.63, 3.8) is 0 Å². The highest BCUT2D eigenvalue weighted by Crippen LogP contribution is 2.42. The molecule has 98 valence electrons. The summed E-state index contributed by atoms with van der Waals surface area (Å²) in [5.74, 6) is 1.83. The second-order valence-electron chi connectivity index (χ2n) is 5.08. The van der Waals surface area contributed by atoms with E-state index in [-0.39, 0.29) is 5.60 Å². The second-order valence-corrected chi connectivity index (χ2v) is 5.47. The minimum absolute atomic E-state index is 0.201. The Morgan fingerprint density at radius 2 is 2.05 bits per heavy atom. The lowest BCUT2D eigenvalue weighted by molar-refractivity contribution is 0.135. The third kappa shape index (κ3) is 2.49. The first-order valence-corrected chi connectivity index (χ1v) is 6.39. The van der Waals surface area contributed by atoms with E-state index in [1.165, 1.54) is 0 Å². The Balaban J connectivity index is 1.91. The third-order valence-electron chi connectivity index (χ3n) is 2.88. The molecule has 3 rings (SSSR count). The van der Waals surface area contributed by atoms with Crippen LogP contribution in [-0.2, 0) is 6.42 Å². The zero-order valence-electron chi connectivity index (χ0n) is 10.7. The first kappa shape index (κ1) is 12.2. The van der Waals surface area contributed by atoms with E-state index >= 15 is 0 Å². The number of hydrogen-bond acceptors (Lipinski definition) is 4. The fourth-order valence-electron chi connectivity index (χ4n) is 2.14. The van der Waals surface area contributed by atoms with Crippen LogP contribution in [0.4, 0.5) is 0 Å². The summed E-state index contributed by atoms with van der Waals surface area (Å²) in [5, 5.41) is 7.96. The average Bonchev–Trinajstić information content (AvgIpc) is 2.67. The Kier molecular flexibility index (Phi) is 2.82. The van der Waals surface area contributed by atoms with Gasteiger partial charge < -0.3 is 9.47 Å². The van der Waals surface area contributed by atoms with E-state index in [1.807, 2.05) is 18.2 Å². The molecule has 2 aromatic rings. The Morgan fingerprint density at radius 1 is 1.21 bits per heavy atom. The van der Waals surface area contributed by atoms with Crippen molar-refractivity contribution in [2.45, 2.75) is 25.9 Å². The third-order valence-corrected chi connectivity index (χ3v) is 3.08. The summed E-state index contributed by atoms with van der Waals surface area (Å²) in [6.07, 6.45) is 0.867. The van der Waals surface area contributed by atoms with E-state index in [0.29, 0.717) is 16.8 Å². The topological polar surface area (TPSA) is 44.2 Å². The smallest absolute Gasteiger partial charge is 0.239 e. The van der Waals surface area contributed by atoms with Gasteiger partial charge in [0.2, 0.25) is 5.88 Å². The minimum atomic E-state index is -0.201. The van der Waals surface area contributed by atoms with Crippen LogP contribution in [0.2, 0.25) is 5.15 Å². The van der Waals surface area contributed by atoms with Gasteiger partial charge in [-0.2, -0.15) is 0 Å². The zero-order valence-corrected chi connectivity index (χ0v) is 11.4. The van der Waals surface area contributed by atoms with Crippen LogP contribution in [0.1, 0.15) is 19.4 Å². The number of nitrogens with zero attached hydrogens (tertiary/aromatic N) is 2. The molecule has 0 bridgehead atoms. The van der Waals surface area contributed by atoms with Crippen molar-refractivity contribution in [1.29, 1.82) is 0 Å². The number of para-hydroxylation sites is 1. The number of ether oxygens (including phenoxy) is 2. The van der Waals surface area contributed by atoms with Gasteiger partial charge in [0.1, 0.15) is 5.60 Å². The van der Waals surface area contributed by atoms with Crippen molar-refractivity contribution in [1.82, 2.24) is 10.2 Å². The average molecular weight is 277 g/mol. The molecule has 0 saturated carbocycles. The maximum absolute atomic E-state index is 5.92. The molecule has 0 aliphatic carbocycles. The molecule has 0 saturated heterocycles. The van der Waals surface area contributed by atoms with E-state index in [2.05, 4.69) is 24.0 Å². The fraction of sp³-hybridized carbons (Fsp3) is 0.286. The predicted octanol–water partition coefficient (Wildman–Crippen LogP) is 3.64. The lowest BCUT2D eigenvalue weighted by atomic mass is 10.0. The van der Waals surface area contributed by atoms with Gasteiger partial charge in [-0.25, -0.2) is 0 Å². The van der Waals surface area contributed by atoms with Crippen LogP contribution in [-0.4, -0.2) is 15.8 Å². The molecule has 0 fully saturated rings. The number of halogens is 1. The van der Waals surface area contributed by atoms with Gasteiger partial charge in [-0.05, 0) is 26.0 Å². The number of rotatable bonds is 2. The molecule has 5 heteroatoms. The van der Waals surface area contributed by atoms with Crippen molar-refractivity contribution in [3.05, 3.63) is 41.0 Å². The van der Waals surface area contributed by atoms with Gasteiger partial charge in [0, 0.05) is 18.1 Å². The molecular formula is C14H13ClN2O2. The van der Waals surface area contributed by atoms with E-state index in [9.17, 15) is 0 Å². The molecule has 1 aliphatic heterocycles. The summed E-state index contributed by atoms with van der Waals surface area (Å²) in [4.78, 5) is 0. The van der Waals surface area contributed by atoms with Crippen LogP contribution < -0.4 is 9.47 Å². The van der Waals surface area contributed by atoms with Crippen LogP contribution >= 0.6 is 11.6 Å². The summed E-state index contributed by atoms with van der Waals surface area (Å²) in [5.41, 5.74) is 0.942. The maximum atomic E-state index is 5.92. The molecule has 4 nitrogen and oxygen atoms in total. The molecule has 2 heterocycles. The van der Waals surface area contributed by atoms with Gasteiger partial charge in [-0.15, -0.1) is 10.2 Å². The predicted molar refractivity (Wildman–Crippen MR) is 72.0 cm³/mol. The Hall–Kier alpha value is -1.81. The van der Waals surface area contributed by atoms with Gasteiger partial charge in [0.25, 0.3) is 0 Å². The standard InChI is InChI=1S/C14H13ClN2O2/c1-14(2)8-9-4-3-5-10(13(9)19-14)18-12-7-6-11(15)16-17-12/h3-7H,8H2,1-2H3. The molecule has 0 amide bonds. The highest BCUT2D eigenvalue weighted by Gasteiger charge is 2.32. The lowest BCUT2D eigenvalue weighted by Gasteiger charge is -2.17. The SMILES string of the molecule is CC1(C)Cc2cccc(Oc3ccc(Cl)nn3)c2O1. The van der Waals surface area contributed by atoms with Crippen LogP contribution in [0.5, 0.6) is 17.4 Å². The molecular weight excluding hydrogens is 264 g/mol. The highest BCUT2D eigenvalue weighted by molar-refractivity contribution is 6.29. The van der Waals surface area contributed by atoms with Crippen LogP contribution in [0.3, 0.4) is 0 Å². The van der Waals surface area contributed by atoms with E-state index in [0.717, 1.165) is 17.7 Å². The first-order chi connectivity index (χ1) is 9.03. The second kappa shape index (κ2) is 4.38. The largest absolute Gasteiger partial charge is 0.483 e. The summed E-state index contributed by atoms with van der Waals surface area (Å²) in [6, 6.07) is 9.16. The Labute approximate surface area is 116 Å². The highest BCUT2D eigenvalue weighted by atomic mass is 35.5. The van der Waals surface area contributed by atoms with Crippen molar-refractivity contribution in [2.24, 2.45) is 0 Å². The molecule has 0 unspecified atom stereocenters. The van der Waals surface area contributed by atoms with Gasteiger partial charge in [-0.1, -0.05) is 23.7 Å². The number of benzene rings is 1. The summed E-state index contributed by atoms with van der Waals surface area (Å²) in [7, 11) is 0. The Morgan fingerprint density at radius 3 is 2.79 bits per heavy atom. The molecule has 0 N–H and O–H groups in total. The monoisotopic (exact) mass is 276 g/mol. The number of fused-ring (bicyclic) bond motifs is 1. The molecule has 0 radical (unpaired) electrons. The molecule has 0 atom stereocenters. The molecule has 1 aromatic heterocycles. The fourth-order valence-corrected chi connectivity index (χ4v) is 2.24. The Bertz CT molecular complexity index is 611.